The van der Waals surface area contributed by atoms with Crippen LogP contribution in [-0.2, 0) is 14.4 Å². The van der Waals surface area contributed by atoms with E-state index in [0.29, 0.717) is 19.3 Å². The summed E-state index contributed by atoms with van der Waals surface area (Å²) in [5.74, 6) is -2.13. The maximum absolute atomic E-state index is 9.60. The first-order valence-corrected chi connectivity index (χ1v) is 8.66. The Hall–Kier alpha value is -1.97. The van der Waals surface area contributed by atoms with E-state index in [1.165, 1.54) is 0 Å². The lowest BCUT2D eigenvalue weighted by Crippen LogP contribution is -2.15. The van der Waals surface area contributed by atoms with Crippen LogP contribution < -0.4 is 0 Å². The quantitative estimate of drug-likeness (QED) is 0.335. The van der Waals surface area contributed by atoms with Gasteiger partial charge < -0.3 is 30.6 Å². The number of hydrogen-bond acceptors (Lipinski definition) is 6. The largest absolute Gasteiger partial charge is 0.481 e. The predicted octanol–water partition coefficient (Wildman–Crippen LogP) is 2.14. The summed E-state index contributed by atoms with van der Waals surface area (Å²) >= 11 is 0. The van der Waals surface area contributed by atoms with Crippen LogP contribution in [0.5, 0.6) is 0 Å². The van der Waals surface area contributed by atoms with Crippen molar-refractivity contribution in [3.8, 4) is 0 Å². The third-order valence-corrected chi connectivity index (χ3v) is 1.81. The smallest absolute Gasteiger partial charge is 0.303 e. The third-order valence-electron chi connectivity index (χ3n) is 1.81. The lowest BCUT2D eigenvalue weighted by atomic mass is 10.4. The first-order valence-electron chi connectivity index (χ1n) is 8.66. The molecule has 0 atom stereocenters. The normalized spacial score (nSPS) is 8.15. The molecule has 0 bridgehead atoms. The Morgan fingerprint density at radius 2 is 0.963 bits per heavy atom. The van der Waals surface area contributed by atoms with Gasteiger partial charge in [0.1, 0.15) is 6.10 Å². The molecule has 164 valence electrons. The van der Waals surface area contributed by atoms with Crippen molar-refractivity contribution in [3.05, 3.63) is 12.7 Å². The molecule has 0 aliphatic rings. The van der Waals surface area contributed by atoms with Crippen LogP contribution in [0.4, 0.5) is 0 Å². The van der Waals surface area contributed by atoms with Gasteiger partial charge in [0.15, 0.2) is 0 Å². The summed E-state index contributed by atoms with van der Waals surface area (Å²) < 4.78 is 0. The van der Waals surface area contributed by atoms with E-state index in [-0.39, 0.29) is 13.2 Å². The number of aliphatic carboxylic acids is 3. The lowest BCUT2D eigenvalue weighted by molar-refractivity contribution is -0.138. The molecule has 0 rings (SSSR count). The summed E-state index contributed by atoms with van der Waals surface area (Å²) in [5, 5.41) is 47.8. The van der Waals surface area contributed by atoms with E-state index in [9.17, 15) is 14.4 Å². The van der Waals surface area contributed by atoms with E-state index in [1.54, 1.807) is 6.08 Å². The van der Waals surface area contributed by atoms with Gasteiger partial charge in [-0.15, -0.1) is 6.58 Å². The van der Waals surface area contributed by atoms with Gasteiger partial charge in [-0.1, -0.05) is 26.8 Å². The van der Waals surface area contributed by atoms with Crippen molar-refractivity contribution in [1.82, 2.24) is 0 Å². The molecule has 0 aliphatic carbocycles. The van der Waals surface area contributed by atoms with E-state index < -0.39 is 24.0 Å². The van der Waals surface area contributed by atoms with Gasteiger partial charge in [0.25, 0.3) is 0 Å². The topological polar surface area (TPSA) is 173 Å². The van der Waals surface area contributed by atoms with Gasteiger partial charge in [0.05, 0.1) is 13.2 Å². The molecule has 0 spiro atoms. The van der Waals surface area contributed by atoms with Crippen molar-refractivity contribution in [3.63, 3.8) is 0 Å². The van der Waals surface area contributed by atoms with Gasteiger partial charge in [0.2, 0.25) is 0 Å². The minimum Gasteiger partial charge on any atom is -0.481 e. The van der Waals surface area contributed by atoms with Crippen LogP contribution in [0.3, 0.4) is 0 Å². The summed E-state index contributed by atoms with van der Waals surface area (Å²) in [6.07, 6.45) is 3.87. The maximum atomic E-state index is 9.60. The minimum absolute atomic E-state index is 0.292. The predicted molar refractivity (Wildman–Crippen MR) is 104 cm³/mol. The number of carboxylic acid groups (broad SMARTS) is 3. The van der Waals surface area contributed by atoms with Crippen molar-refractivity contribution in [2.45, 2.75) is 72.3 Å². The van der Waals surface area contributed by atoms with Crippen LogP contribution in [0.25, 0.3) is 0 Å². The van der Waals surface area contributed by atoms with Crippen molar-refractivity contribution < 1.29 is 45.0 Å². The molecule has 9 heteroatoms. The van der Waals surface area contributed by atoms with Crippen LogP contribution >= 0.6 is 0 Å². The van der Waals surface area contributed by atoms with Gasteiger partial charge in [-0.25, -0.2) is 0 Å². The number of rotatable bonds is 8. The number of aliphatic hydroxyl groups excluding tert-OH is 3. The second-order valence-corrected chi connectivity index (χ2v) is 4.86. The Morgan fingerprint density at radius 3 is 0.963 bits per heavy atom. The van der Waals surface area contributed by atoms with Crippen molar-refractivity contribution >= 4 is 17.9 Å². The molecule has 0 heterocycles. The fourth-order valence-electron chi connectivity index (χ4n) is 0.699. The molecule has 9 nitrogen and oxygen atoms in total. The average molecular weight is 398 g/mol. The molecule has 0 amide bonds. The molecule has 0 aliphatic heterocycles. The van der Waals surface area contributed by atoms with E-state index in [2.05, 4.69) is 6.58 Å². The summed E-state index contributed by atoms with van der Waals surface area (Å²) in [4.78, 5) is 28.8. The second-order valence-electron chi connectivity index (χ2n) is 4.86. The minimum atomic E-state index is -0.954. The SMILES string of the molecule is C=CC.CCCC(=O)O.CCCC(=O)O.CCCC(=O)O.OCC(O)CO. The summed E-state index contributed by atoms with van der Waals surface area (Å²) in [6.45, 7) is 10.0. The number of allylic oxidation sites excluding steroid dienone is 1. The molecule has 0 unspecified atom stereocenters. The molecule has 0 aromatic heterocycles. The maximum Gasteiger partial charge on any atom is 0.303 e. The van der Waals surface area contributed by atoms with Gasteiger partial charge in [-0.05, 0) is 26.2 Å². The lowest BCUT2D eigenvalue weighted by Gasteiger charge is -1.96. The highest BCUT2D eigenvalue weighted by Crippen LogP contribution is 1.83. The van der Waals surface area contributed by atoms with Gasteiger partial charge in [-0.3, -0.25) is 14.4 Å². The van der Waals surface area contributed by atoms with Crippen LogP contribution in [0, 0.1) is 0 Å². The zero-order valence-electron chi connectivity index (χ0n) is 16.9. The fourth-order valence-corrected chi connectivity index (χ4v) is 0.699. The number of aliphatic hydroxyl groups is 3. The van der Waals surface area contributed by atoms with Crippen LogP contribution in [0.1, 0.15) is 66.2 Å². The summed E-state index contributed by atoms with van der Waals surface area (Å²) in [5.41, 5.74) is 0. The molecule has 0 fully saturated rings. The molecule has 27 heavy (non-hydrogen) atoms. The van der Waals surface area contributed by atoms with Gasteiger partial charge in [0, 0.05) is 19.3 Å². The Balaban J connectivity index is -0.0000000760. The first-order chi connectivity index (χ1) is 12.5. The molecular weight excluding hydrogens is 360 g/mol. The zero-order chi connectivity index (χ0) is 22.7. The number of carboxylic acids is 3. The molecule has 0 aromatic carbocycles. The molecule has 0 aromatic rings. The molecular formula is C18H38O9. The van der Waals surface area contributed by atoms with Crippen LogP contribution in [0.2, 0.25) is 0 Å². The van der Waals surface area contributed by atoms with Crippen LogP contribution in [0.15, 0.2) is 12.7 Å². The highest BCUT2D eigenvalue weighted by Gasteiger charge is 1.93. The van der Waals surface area contributed by atoms with E-state index >= 15 is 0 Å². The van der Waals surface area contributed by atoms with Crippen LogP contribution in [-0.4, -0.2) is 67.9 Å². The first kappa shape index (κ1) is 36.0. The standard InChI is InChI=1S/3C4H8O2.C3H8O3.C3H6/c3*1-2-3-4(5)6;4-1-3(6)2-5;1-3-2/h3*2-3H2,1H3,(H,5,6);3-6H,1-2H2;3H,1H2,2H3. The second kappa shape index (κ2) is 35.2. The molecule has 0 saturated heterocycles. The highest BCUT2D eigenvalue weighted by atomic mass is 16.4. The Morgan fingerprint density at radius 1 is 0.778 bits per heavy atom. The summed E-state index contributed by atoms with van der Waals surface area (Å²) in [7, 11) is 0. The number of carbonyl (C=O) groups is 3. The Labute approximate surface area is 162 Å². The monoisotopic (exact) mass is 398 g/mol. The molecule has 0 saturated carbocycles. The fraction of sp³-hybridized carbons (Fsp3) is 0.722. The third kappa shape index (κ3) is 95.9. The molecule has 0 radical (unpaired) electrons. The van der Waals surface area contributed by atoms with E-state index in [1.807, 2.05) is 27.7 Å². The van der Waals surface area contributed by atoms with Gasteiger partial charge >= 0.3 is 17.9 Å². The van der Waals surface area contributed by atoms with Crippen molar-refractivity contribution in [2.75, 3.05) is 13.2 Å². The number of hydrogen-bond donors (Lipinski definition) is 6. The zero-order valence-corrected chi connectivity index (χ0v) is 16.9. The molecule has 6 N–H and O–H groups in total. The summed E-state index contributed by atoms with van der Waals surface area (Å²) in [6, 6.07) is 0. The van der Waals surface area contributed by atoms with E-state index in [4.69, 9.17) is 30.6 Å². The highest BCUT2D eigenvalue weighted by molar-refractivity contribution is 5.67. The van der Waals surface area contributed by atoms with E-state index in [0.717, 1.165) is 19.3 Å². The van der Waals surface area contributed by atoms with Crippen molar-refractivity contribution in [2.24, 2.45) is 0 Å². The average Bonchev–Trinajstić information content (AvgIpc) is 2.56. The van der Waals surface area contributed by atoms with Crippen molar-refractivity contribution in [1.29, 1.82) is 0 Å². The Kier molecular flexibility index (Phi) is 47.0. The van der Waals surface area contributed by atoms with Gasteiger partial charge in [-0.2, -0.15) is 0 Å². The Bertz CT molecular complexity index is 289.